The molecule has 2 atom stereocenters. The lowest BCUT2D eigenvalue weighted by Gasteiger charge is -2.43. The molecule has 0 bridgehead atoms. The Labute approximate surface area is 129 Å². The highest BCUT2D eigenvalue weighted by molar-refractivity contribution is 9.10. The standard InChI is InChI=1S/C14H15BrF2N2O2/c1-4-14(3)13(21)19(7(2)12(20)18-14)11-6-9(16)8(15)5-10(11)17/h5-7H,4H2,1-3H3,(H,18,20). The van der Waals surface area contributed by atoms with Crippen LogP contribution in [0.1, 0.15) is 27.2 Å². The van der Waals surface area contributed by atoms with Gasteiger partial charge < -0.3 is 5.32 Å². The predicted octanol–water partition coefficient (Wildman–Crippen LogP) is 2.75. The second-order valence-corrected chi connectivity index (χ2v) is 6.10. The van der Waals surface area contributed by atoms with Crippen molar-refractivity contribution in [2.45, 2.75) is 38.8 Å². The number of carbonyl (C=O) groups is 2. The number of rotatable bonds is 2. The molecule has 2 rings (SSSR count). The molecule has 1 aliphatic heterocycles. The van der Waals surface area contributed by atoms with E-state index in [2.05, 4.69) is 21.2 Å². The molecule has 0 radical (unpaired) electrons. The maximum atomic E-state index is 14.1. The monoisotopic (exact) mass is 360 g/mol. The SMILES string of the molecule is CCC1(C)NC(=O)C(C)N(c2cc(F)c(Br)cc2F)C1=O. The number of anilines is 1. The van der Waals surface area contributed by atoms with E-state index in [1.54, 1.807) is 13.8 Å². The van der Waals surface area contributed by atoms with Crippen molar-refractivity contribution in [1.29, 1.82) is 0 Å². The van der Waals surface area contributed by atoms with Crippen LogP contribution in [0.4, 0.5) is 14.5 Å². The summed E-state index contributed by atoms with van der Waals surface area (Å²) in [6.07, 6.45) is 0.349. The van der Waals surface area contributed by atoms with E-state index < -0.39 is 35.0 Å². The van der Waals surface area contributed by atoms with Crippen molar-refractivity contribution >= 4 is 33.4 Å². The molecule has 1 fully saturated rings. The summed E-state index contributed by atoms with van der Waals surface area (Å²) in [4.78, 5) is 25.6. The van der Waals surface area contributed by atoms with Crippen LogP contribution in [0.2, 0.25) is 0 Å². The van der Waals surface area contributed by atoms with Gasteiger partial charge in [0, 0.05) is 6.07 Å². The van der Waals surface area contributed by atoms with E-state index >= 15 is 0 Å². The largest absolute Gasteiger partial charge is 0.340 e. The number of hydrogen-bond acceptors (Lipinski definition) is 2. The van der Waals surface area contributed by atoms with Gasteiger partial charge in [-0.05, 0) is 42.3 Å². The minimum atomic E-state index is -1.13. The van der Waals surface area contributed by atoms with E-state index in [9.17, 15) is 18.4 Å². The zero-order valence-corrected chi connectivity index (χ0v) is 13.4. The molecule has 0 aromatic heterocycles. The Morgan fingerprint density at radius 1 is 1.33 bits per heavy atom. The van der Waals surface area contributed by atoms with Crippen LogP contribution in [-0.2, 0) is 9.59 Å². The smallest absolute Gasteiger partial charge is 0.253 e. The zero-order valence-electron chi connectivity index (χ0n) is 11.8. The maximum Gasteiger partial charge on any atom is 0.253 e. The summed E-state index contributed by atoms with van der Waals surface area (Å²) in [6, 6.07) is 0.954. The summed E-state index contributed by atoms with van der Waals surface area (Å²) in [6.45, 7) is 4.78. The van der Waals surface area contributed by atoms with Crippen molar-refractivity contribution < 1.29 is 18.4 Å². The average molecular weight is 361 g/mol. The fourth-order valence-corrected chi connectivity index (χ4v) is 2.56. The number of carbonyl (C=O) groups excluding carboxylic acids is 2. The summed E-state index contributed by atoms with van der Waals surface area (Å²) in [7, 11) is 0. The number of amides is 2. The Kier molecular flexibility index (Phi) is 4.06. The van der Waals surface area contributed by atoms with Crippen LogP contribution < -0.4 is 10.2 Å². The lowest BCUT2D eigenvalue weighted by molar-refractivity contribution is -0.137. The quantitative estimate of drug-likeness (QED) is 0.824. The van der Waals surface area contributed by atoms with Gasteiger partial charge in [-0.1, -0.05) is 6.92 Å². The summed E-state index contributed by atoms with van der Waals surface area (Å²) in [5, 5.41) is 2.63. The molecule has 1 heterocycles. The van der Waals surface area contributed by atoms with Crippen LogP contribution in [0.3, 0.4) is 0 Å². The van der Waals surface area contributed by atoms with Gasteiger partial charge in [0.2, 0.25) is 5.91 Å². The van der Waals surface area contributed by atoms with Crippen molar-refractivity contribution in [3.05, 3.63) is 28.2 Å². The van der Waals surface area contributed by atoms with Crippen molar-refractivity contribution in [1.82, 2.24) is 5.32 Å². The second-order valence-electron chi connectivity index (χ2n) is 5.24. The van der Waals surface area contributed by atoms with Gasteiger partial charge in [0.05, 0.1) is 10.2 Å². The van der Waals surface area contributed by atoms with E-state index in [0.717, 1.165) is 17.0 Å². The highest BCUT2D eigenvalue weighted by Crippen LogP contribution is 2.32. The molecule has 4 nitrogen and oxygen atoms in total. The molecule has 2 amide bonds. The van der Waals surface area contributed by atoms with Gasteiger partial charge in [0.25, 0.3) is 5.91 Å². The molecule has 0 saturated carbocycles. The maximum absolute atomic E-state index is 14.1. The van der Waals surface area contributed by atoms with Crippen LogP contribution in [0.5, 0.6) is 0 Å². The Morgan fingerprint density at radius 2 is 1.95 bits per heavy atom. The van der Waals surface area contributed by atoms with Crippen molar-refractivity contribution in [3.63, 3.8) is 0 Å². The van der Waals surface area contributed by atoms with Gasteiger partial charge in [-0.3, -0.25) is 14.5 Å². The third kappa shape index (κ3) is 2.54. The summed E-state index contributed by atoms with van der Waals surface area (Å²) in [5.74, 6) is -2.33. The molecule has 7 heteroatoms. The molecule has 0 aliphatic carbocycles. The molecule has 1 aromatic rings. The van der Waals surface area contributed by atoms with Gasteiger partial charge in [0.1, 0.15) is 23.2 Å². The topological polar surface area (TPSA) is 49.4 Å². The van der Waals surface area contributed by atoms with E-state index in [0.29, 0.717) is 6.42 Å². The number of piperazine rings is 1. The van der Waals surface area contributed by atoms with Crippen LogP contribution in [-0.4, -0.2) is 23.4 Å². The van der Waals surface area contributed by atoms with Crippen LogP contribution >= 0.6 is 15.9 Å². The fourth-order valence-electron chi connectivity index (χ4n) is 2.24. The fraction of sp³-hybridized carbons (Fsp3) is 0.429. The second kappa shape index (κ2) is 5.36. The van der Waals surface area contributed by atoms with E-state index in [1.807, 2.05) is 0 Å². The Hall–Kier alpha value is -1.50. The molecule has 114 valence electrons. The highest BCUT2D eigenvalue weighted by atomic mass is 79.9. The first-order valence-corrected chi connectivity index (χ1v) is 7.30. The van der Waals surface area contributed by atoms with Gasteiger partial charge in [-0.15, -0.1) is 0 Å². The van der Waals surface area contributed by atoms with Crippen LogP contribution in [0.25, 0.3) is 0 Å². The Morgan fingerprint density at radius 3 is 2.52 bits per heavy atom. The molecule has 1 saturated heterocycles. The molecular weight excluding hydrogens is 346 g/mol. The third-order valence-electron chi connectivity index (χ3n) is 3.81. The lowest BCUT2D eigenvalue weighted by Crippen LogP contribution is -2.68. The van der Waals surface area contributed by atoms with E-state index in [1.165, 1.54) is 6.92 Å². The normalized spacial score (nSPS) is 26.0. The number of nitrogens with one attached hydrogen (secondary N) is 1. The van der Waals surface area contributed by atoms with Crippen LogP contribution in [0, 0.1) is 11.6 Å². The average Bonchev–Trinajstić information content (AvgIpc) is 2.42. The minimum Gasteiger partial charge on any atom is -0.340 e. The first-order chi connectivity index (χ1) is 9.71. The molecule has 2 unspecified atom stereocenters. The molecule has 21 heavy (non-hydrogen) atoms. The number of nitrogens with zero attached hydrogens (tertiary/aromatic N) is 1. The summed E-state index contributed by atoms with van der Waals surface area (Å²) >= 11 is 2.88. The van der Waals surface area contributed by atoms with Crippen molar-refractivity contribution in [3.8, 4) is 0 Å². The molecule has 1 N–H and O–H groups in total. The number of hydrogen-bond donors (Lipinski definition) is 1. The predicted molar refractivity (Wildman–Crippen MR) is 77.8 cm³/mol. The van der Waals surface area contributed by atoms with Gasteiger partial charge in [-0.25, -0.2) is 8.78 Å². The van der Waals surface area contributed by atoms with Gasteiger partial charge in [-0.2, -0.15) is 0 Å². The molecular formula is C14H15BrF2N2O2. The Balaban J connectivity index is 2.57. The molecule has 0 spiro atoms. The summed E-state index contributed by atoms with van der Waals surface area (Å²) in [5.41, 5.74) is -1.36. The lowest BCUT2D eigenvalue weighted by atomic mass is 9.91. The van der Waals surface area contributed by atoms with Gasteiger partial charge >= 0.3 is 0 Å². The zero-order chi connectivity index (χ0) is 15.9. The Bertz CT molecular complexity index is 623. The highest BCUT2D eigenvalue weighted by Gasteiger charge is 2.46. The first-order valence-electron chi connectivity index (χ1n) is 6.51. The van der Waals surface area contributed by atoms with Crippen molar-refractivity contribution in [2.24, 2.45) is 0 Å². The van der Waals surface area contributed by atoms with E-state index in [-0.39, 0.29) is 10.2 Å². The van der Waals surface area contributed by atoms with Crippen molar-refractivity contribution in [2.75, 3.05) is 4.90 Å². The third-order valence-corrected chi connectivity index (χ3v) is 4.42. The number of benzene rings is 1. The van der Waals surface area contributed by atoms with E-state index in [4.69, 9.17) is 0 Å². The van der Waals surface area contributed by atoms with Gasteiger partial charge in [0.15, 0.2) is 0 Å². The first kappa shape index (κ1) is 15.9. The van der Waals surface area contributed by atoms with Crippen LogP contribution in [0.15, 0.2) is 16.6 Å². The molecule has 1 aliphatic rings. The summed E-state index contributed by atoms with van der Waals surface area (Å²) < 4.78 is 27.8. The minimum absolute atomic E-state index is 0.0384. The number of halogens is 3. The molecule has 1 aromatic carbocycles.